The first kappa shape index (κ1) is 13.8. The van der Waals surface area contributed by atoms with E-state index >= 15 is 0 Å². The Morgan fingerprint density at radius 1 is 1.50 bits per heavy atom. The molecule has 0 amide bonds. The molecule has 0 bridgehead atoms. The van der Waals surface area contributed by atoms with Crippen LogP contribution >= 0.6 is 23.2 Å². The van der Waals surface area contributed by atoms with E-state index in [2.05, 4.69) is 6.58 Å². The fourth-order valence-corrected chi connectivity index (χ4v) is 1.60. The lowest BCUT2D eigenvalue weighted by Gasteiger charge is -2.13. The van der Waals surface area contributed by atoms with Gasteiger partial charge in [0, 0.05) is 16.0 Å². The summed E-state index contributed by atoms with van der Waals surface area (Å²) in [4.78, 5) is 0. The van der Waals surface area contributed by atoms with Crippen LogP contribution in [0.5, 0.6) is 0 Å². The van der Waals surface area contributed by atoms with Gasteiger partial charge in [0.15, 0.2) is 0 Å². The molecule has 0 heterocycles. The molecule has 0 aliphatic rings. The van der Waals surface area contributed by atoms with Crippen LogP contribution < -0.4 is 0 Å². The maximum Gasteiger partial charge on any atom is 0.0508 e. The van der Waals surface area contributed by atoms with Gasteiger partial charge in [-0.2, -0.15) is 0 Å². The largest absolute Gasteiger partial charge is 0.396 e. The smallest absolute Gasteiger partial charge is 0.0508 e. The zero-order valence-electron chi connectivity index (χ0n) is 8.56. The van der Waals surface area contributed by atoms with E-state index in [1.807, 2.05) is 13.8 Å². The molecular weight excluding hydrogens is 219 g/mol. The molecule has 0 aromatic heterocycles. The second kappa shape index (κ2) is 7.10. The first-order valence-electron chi connectivity index (χ1n) is 4.54. The van der Waals surface area contributed by atoms with Crippen molar-refractivity contribution in [2.75, 3.05) is 6.61 Å². The lowest BCUT2D eigenvalue weighted by atomic mass is 10.0. The Balaban J connectivity index is 4.89. The molecule has 80 valence electrons. The SMILES string of the molecule is C=C/C=C(Cl)\C(C)=C(\Cl)C(CC)CO. The number of hydrogen-bond donors (Lipinski definition) is 1. The van der Waals surface area contributed by atoms with Crippen molar-refractivity contribution in [1.82, 2.24) is 0 Å². The lowest BCUT2D eigenvalue weighted by molar-refractivity contribution is 0.247. The molecule has 0 aliphatic carbocycles. The summed E-state index contributed by atoms with van der Waals surface area (Å²) in [5, 5.41) is 10.2. The molecule has 3 heteroatoms. The highest BCUT2D eigenvalue weighted by atomic mass is 35.5. The number of rotatable bonds is 5. The predicted octanol–water partition coefficient (Wildman–Crippen LogP) is 3.83. The summed E-state index contributed by atoms with van der Waals surface area (Å²) in [6, 6.07) is 0. The van der Waals surface area contributed by atoms with E-state index in [1.54, 1.807) is 12.2 Å². The van der Waals surface area contributed by atoms with Gasteiger partial charge in [-0.25, -0.2) is 0 Å². The number of allylic oxidation sites excluding steroid dienone is 4. The fourth-order valence-electron chi connectivity index (χ4n) is 1.04. The highest BCUT2D eigenvalue weighted by Gasteiger charge is 2.13. The molecule has 14 heavy (non-hydrogen) atoms. The van der Waals surface area contributed by atoms with Crippen molar-refractivity contribution in [3.63, 3.8) is 0 Å². The Hall–Kier alpha value is -0.240. The summed E-state index contributed by atoms with van der Waals surface area (Å²) in [5.41, 5.74) is 0.800. The summed E-state index contributed by atoms with van der Waals surface area (Å²) in [6.45, 7) is 7.41. The Bertz CT molecular complexity index is 250. The van der Waals surface area contributed by atoms with Crippen molar-refractivity contribution in [3.05, 3.63) is 34.4 Å². The van der Waals surface area contributed by atoms with Gasteiger partial charge in [-0.15, -0.1) is 0 Å². The van der Waals surface area contributed by atoms with Gasteiger partial charge in [0.1, 0.15) is 0 Å². The van der Waals surface area contributed by atoms with Crippen LogP contribution in [0.2, 0.25) is 0 Å². The monoisotopic (exact) mass is 234 g/mol. The van der Waals surface area contributed by atoms with Crippen molar-refractivity contribution in [2.24, 2.45) is 5.92 Å². The predicted molar refractivity (Wildman–Crippen MR) is 63.6 cm³/mol. The lowest BCUT2D eigenvalue weighted by Crippen LogP contribution is -2.06. The standard InChI is InChI=1S/C11H16Cl2O/c1-4-6-10(12)8(3)11(13)9(5-2)7-14/h4,6,9,14H,1,5,7H2,2-3H3/b10-6+,11-8+. The minimum atomic E-state index is -0.0244. The molecule has 1 atom stereocenters. The van der Waals surface area contributed by atoms with E-state index < -0.39 is 0 Å². The molecule has 0 rings (SSSR count). The van der Waals surface area contributed by atoms with Gasteiger partial charge in [-0.3, -0.25) is 0 Å². The minimum absolute atomic E-state index is 0.0244. The molecule has 0 spiro atoms. The zero-order valence-corrected chi connectivity index (χ0v) is 10.1. The molecule has 1 N–H and O–H groups in total. The van der Waals surface area contributed by atoms with Gasteiger partial charge < -0.3 is 5.11 Å². The fraction of sp³-hybridized carbons (Fsp3) is 0.455. The Kier molecular flexibility index (Phi) is 6.98. The summed E-state index contributed by atoms with van der Waals surface area (Å²) in [5.74, 6) is -0.0244. The summed E-state index contributed by atoms with van der Waals surface area (Å²) in [7, 11) is 0. The zero-order chi connectivity index (χ0) is 11.1. The van der Waals surface area contributed by atoms with Crippen molar-refractivity contribution in [2.45, 2.75) is 20.3 Å². The van der Waals surface area contributed by atoms with Crippen molar-refractivity contribution in [1.29, 1.82) is 0 Å². The van der Waals surface area contributed by atoms with E-state index in [1.165, 1.54) is 0 Å². The van der Waals surface area contributed by atoms with E-state index in [0.717, 1.165) is 12.0 Å². The maximum atomic E-state index is 9.06. The van der Waals surface area contributed by atoms with E-state index in [4.69, 9.17) is 28.3 Å². The third-order valence-electron chi connectivity index (χ3n) is 2.05. The van der Waals surface area contributed by atoms with Gasteiger partial charge >= 0.3 is 0 Å². The van der Waals surface area contributed by atoms with Crippen LogP contribution in [0, 0.1) is 5.92 Å². The number of hydrogen-bond acceptors (Lipinski definition) is 1. The minimum Gasteiger partial charge on any atom is -0.396 e. The molecular formula is C11H16Cl2O. The molecule has 0 saturated carbocycles. The van der Waals surface area contributed by atoms with Crippen molar-refractivity contribution in [3.8, 4) is 0 Å². The number of halogens is 2. The van der Waals surface area contributed by atoms with Crippen LogP contribution in [-0.2, 0) is 0 Å². The third-order valence-corrected chi connectivity index (χ3v) is 3.05. The Morgan fingerprint density at radius 3 is 2.43 bits per heavy atom. The second-order valence-electron chi connectivity index (χ2n) is 3.01. The van der Waals surface area contributed by atoms with Crippen LogP contribution in [0.15, 0.2) is 34.4 Å². The highest BCUT2D eigenvalue weighted by molar-refractivity contribution is 6.35. The van der Waals surface area contributed by atoms with E-state index in [-0.39, 0.29) is 12.5 Å². The summed E-state index contributed by atoms with van der Waals surface area (Å²) < 4.78 is 0. The highest BCUT2D eigenvalue weighted by Crippen LogP contribution is 2.28. The normalized spacial score (nSPS) is 16.2. The number of aliphatic hydroxyl groups is 1. The van der Waals surface area contributed by atoms with E-state index in [9.17, 15) is 0 Å². The van der Waals surface area contributed by atoms with E-state index in [0.29, 0.717) is 10.1 Å². The maximum absolute atomic E-state index is 9.06. The van der Waals surface area contributed by atoms with Gasteiger partial charge in [0.25, 0.3) is 0 Å². The molecule has 1 nitrogen and oxygen atoms in total. The first-order chi connectivity index (χ1) is 6.58. The van der Waals surface area contributed by atoms with Gasteiger partial charge in [0.2, 0.25) is 0 Å². The van der Waals surface area contributed by atoms with Crippen LogP contribution in [0.4, 0.5) is 0 Å². The quantitative estimate of drug-likeness (QED) is 0.718. The van der Waals surface area contributed by atoms with Crippen molar-refractivity contribution < 1.29 is 5.11 Å². The molecule has 0 radical (unpaired) electrons. The molecule has 1 unspecified atom stereocenters. The summed E-state index contributed by atoms with van der Waals surface area (Å²) in [6.07, 6.45) is 4.09. The van der Waals surface area contributed by atoms with Crippen LogP contribution in [0.25, 0.3) is 0 Å². The van der Waals surface area contributed by atoms with Crippen LogP contribution in [-0.4, -0.2) is 11.7 Å². The number of aliphatic hydroxyl groups excluding tert-OH is 1. The van der Waals surface area contributed by atoms with Gasteiger partial charge in [-0.1, -0.05) is 42.8 Å². The third kappa shape index (κ3) is 3.87. The Morgan fingerprint density at radius 2 is 2.07 bits per heavy atom. The van der Waals surface area contributed by atoms with Crippen molar-refractivity contribution >= 4 is 23.2 Å². The average molecular weight is 235 g/mol. The molecule has 0 aromatic carbocycles. The molecule has 0 aliphatic heterocycles. The Labute approximate surface area is 95.7 Å². The second-order valence-corrected chi connectivity index (χ2v) is 3.83. The van der Waals surface area contributed by atoms with Gasteiger partial charge in [-0.05, 0) is 25.0 Å². The molecule has 0 fully saturated rings. The molecule has 0 aromatic rings. The van der Waals surface area contributed by atoms with Crippen LogP contribution in [0.1, 0.15) is 20.3 Å². The van der Waals surface area contributed by atoms with Gasteiger partial charge in [0.05, 0.1) is 6.61 Å². The first-order valence-corrected chi connectivity index (χ1v) is 5.29. The summed E-state index contributed by atoms with van der Waals surface area (Å²) >= 11 is 12.0. The molecule has 0 saturated heterocycles. The average Bonchev–Trinajstić information content (AvgIpc) is 2.18. The topological polar surface area (TPSA) is 20.2 Å². The van der Waals surface area contributed by atoms with Crippen LogP contribution in [0.3, 0.4) is 0 Å².